The van der Waals surface area contributed by atoms with E-state index in [9.17, 15) is 0 Å². The van der Waals surface area contributed by atoms with Crippen LogP contribution in [0.3, 0.4) is 0 Å². The van der Waals surface area contributed by atoms with Gasteiger partial charge < -0.3 is 0 Å². The number of aliphatic imine (C=N–C) groups is 4. The molecule has 0 aromatic heterocycles. The summed E-state index contributed by atoms with van der Waals surface area (Å²) in [4.78, 5) is 26.6. The Bertz CT molecular complexity index is 674. The summed E-state index contributed by atoms with van der Waals surface area (Å²) >= 11 is 4.40. The van der Waals surface area contributed by atoms with Gasteiger partial charge in [-0.25, -0.2) is 0 Å². The molecule has 0 aliphatic heterocycles. The molecule has 0 spiro atoms. The van der Waals surface area contributed by atoms with Gasteiger partial charge in [0.15, 0.2) is 0 Å². The van der Waals surface area contributed by atoms with E-state index in [2.05, 4.69) is 54.1 Å². The Morgan fingerprint density at radius 1 is 0.412 bits per heavy atom. The average molecular weight is 568 g/mol. The molecule has 0 aliphatic rings. The fourth-order valence-corrected chi connectivity index (χ4v) is 10.8. The van der Waals surface area contributed by atoms with E-state index < -0.39 is 5.91 Å². The van der Waals surface area contributed by atoms with Gasteiger partial charge >= 0.3 is 216 Å². The van der Waals surface area contributed by atoms with Gasteiger partial charge in [0.2, 0.25) is 0 Å². The molecule has 0 bridgehead atoms. The van der Waals surface area contributed by atoms with Crippen LogP contribution >= 0.6 is 21.4 Å². The Kier molecular flexibility index (Phi) is 11.4. The Labute approximate surface area is 216 Å². The summed E-state index contributed by atoms with van der Waals surface area (Å²) in [6.45, 7) is 0. The number of rotatable bonds is 4. The number of guanidine groups is 4. The van der Waals surface area contributed by atoms with Crippen molar-refractivity contribution in [2.75, 3.05) is 113 Å². The molecule has 0 radical (unpaired) electrons. The first-order valence-electron chi connectivity index (χ1n) is 10.8. The minimum absolute atomic E-state index is 0.762. The maximum atomic E-state index is 4.67. The second-order valence-corrected chi connectivity index (χ2v) is 16.5. The van der Waals surface area contributed by atoms with Gasteiger partial charge in [0.25, 0.3) is 0 Å². The first-order valence-corrected chi connectivity index (χ1v) is 14.9. The normalized spacial score (nSPS) is 14.8. The van der Waals surface area contributed by atoms with Crippen LogP contribution in [-0.4, -0.2) is 175 Å². The molecule has 14 heteroatoms. The van der Waals surface area contributed by atoms with E-state index in [1.54, 1.807) is 28.2 Å². The molecule has 12 nitrogen and oxygen atoms in total. The monoisotopic (exact) mass is 566 g/mol. The number of hydrogen-bond acceptors (Lipinski definition) is 4. The van der Waals surface area contributed by atoms with Crippen molar-refractivity contribution in [3.63, 3.8) is 0 Å². The quantitative estimate of drug-likeness (QED) is 0.287. The Morgan fingerprint density at radius 2 is 0.559 bits per heavy atom. The van der Waals surface area contributed by atoms with Crippen molar-refractivity contribution in [3.05, 3.63) is 0 Å². The number of hydrogen-bond donors (Lipinski definition) is 0. The van der Waals surface area contributed by atoms with Crippen molar-refractivity contribution in [3.8, 4) is 0 Å². The zero-order valence-electron chi connectivity index (χ0n) is 24.2. The summed E-state index contributed by atoms with van der Waals surface area (Å²) < 4.78 is 8.68. The van der Waals surface area contributed by atoms with Crippen LogP contribution in [0.2, 0.25) is 0 Å². The van der Waals surface area contributed by atoms with Gasteiger partial charge in [-0.2, -0.15) is 0 Å². The molecule has 34 heavy (non-hydrogen) atoms. The van der Waals surface area contributed by atoms with Gasteiger partial charge in [0.1, 0.15) is 0 Å². The van der Waals surface area contributed by atoms with Gasteiger partial charge in [-0.05, 0) is 0 Å². The van der Waals surface area contributed by atoms with E-state index >= 15 is 0 Å². The molecule has 0 fully saturated rings. The molecule has 0 saturated carbocycles. The van der Waals surface area contributed by atoms with E-state index in [0.29, 0.717) is 0 Å². The number of halogens is 1. The van der Waals surface area contributed by atoms with E-state index in [0.717, 1.165) is 23.8 Å². The summed E-state index contributed by atoms with van der Waals surface area (Å²) in [6.07, 6.45) is 0. The van der Waals surface area contributed by atoms with Gasteiger partial charge in [-0.1, -0.05) is 0 Å². The summed E-state index contributed by atoms with van der Waals surface area (Å²) in [5.74, 6) is -0.826. The molecular formula is C20H48BrN12P. The van der Waals surface area contributed by atoms with Gasteiger partial charge in [-0.15, -0.1) is 0 Å². The molecule has 0 N–H and O–H groups in total. The van der Waals surface area contributed by atoms with Crippen LogP contribution in [0.25, 0.3) is 0 Å². The molecular weight excluding hydrogens is 519 g/mol. The Hall–Kier alpha value is -2.01. The average Bonchev–Trinajstić information content (AvgIpc) is 2.73. The van der Waals surface area contributed by atoms with Crippen molar-refractivity contribution < 1.29 is 0 Å². The van der Waals surface area contributed by atoms with E-state index in [1.807, 2.05) is 104 Å². The van der Waals surface area contributed by atoms with Crippen LogP contribution < -0.4 is 0 Å². The molecule has 0 rings (SSSR count). The Balaban J connectivity index is 8.13. The predicted molar refractivity (Wildman–Crippen MR) is 155 cm³/mol. The Morgan fingerprint density at radius 3 is 0.647 bits per heavy atom. The van der Waals surface area contributed by atoms with Gasteiger partial charge in [-0.3, -0.25) is 0 Å². The van der Waals surface area contributed by atoms with E-state index in [1.165, 1.54) is 0 Å². The number of nitrogens with zero attached hydrogens (tertiary/aromatic N) is 12. The minimum atomic E-state index is -3.87. The maximum absolute atomic E-state index is 4.67. The molecule has 0 amide bonds. The summed E-state index contributed by atoms with van der Waals surface area (Å²) in [7, 11) is 31.2. The van der Waals surface area contributed by atoms with Crippen molar-refractivity contribution in [2.45, 2.75) is 0 Å². The van der Waals surface area contributed by atoms with Crippen LogP contribution in [0.5, 0.6) is 0 Å². The third-order valence-electron chi connectivity index (χ3n) is 5.62. The first kappa shape index (κ1) is 32.0. The molecule has 0 atom stereocenters. The summed E-state index contributed by atoms with van der Waals surface area (Å²) in [6, 6.07) is 0. The van der Waals surface area contributed by atoms with Crippen LogP contribution in [0.15, 0.2) is 20.0 Å². The van der Waals surface area contributed by atoms with Crippen LogP contribution in [0.4, 0.5) is 0 Å². The molecule has 0 saturated heterocycles. The zero-order chi connectivity index (χ0) is 27.2. The topological polar surface area (TPSA) is 75.4 Å². The fraction of sp³-hybridized carbons (Fsp3) is 0.800. The molecule has 200 valence electrons. The zero-order valence-corrected chi connectivity index (χ0v) is 26.7. The second-order valence-electron chi connectivity index (χ2n) is 8.61. The molecule has 0 aromatic rings. The first-order chi connectivity index (χ1) is 15.5. The predicted octanol–water partition coefficient (Wildman–Crippen LogP) is 1.43. The van der Waals surface area contributed by atoms with Gasteiger partial charge in [0.05, 0.1) is 0 Å². The van der Waals surface area contributed by atoms with Crippen molar-refractivity contribution in [1.82, 2.24) is 38.3 Å². The van der Waals surface area contributed by atoms with Crippen LogP contribution in [0.1, 0.15) is 0 Å². The molecule has 0 aromatic carbocycles. The fourth-order valence-electron chi connectivity index (χ4n) is 4.36. The molecule has 0 heterocycles. The second kappa shape index (κ2) is 12.1. The SMILES string of the molecule is CN=C(N(C)C)N(C)P(Br)(N(C)C(=NC)N(C)C)(N(C)C(=NC)N(C)C)N(C)C(=NC)N(C)C. The molecule has 0 aliphatic carbocycles. The summed E-state index contributed by atoms with van der Waals surface area (Å²) in [5, 5.41) is 0. The van der Waals surface area contributed by atoms with E-state index in [4.69, 9.17) is 0 Å². The van der Waals surface area contributed by atoms with Crippen molar-refractivity contribution in [2.24, 2.45) is 20.0 Å². The van der Waals surface area contributed by atoms with Crippen molar-refractivity contribution in [1.29, 1.82) is 0 Å². The van der Waals surface area contributed by atoms with Crippen molar-refractivity contribution >= 4 is 45.2 Å². The third kappa shape index (κ3) is 5.15. The standard InChI is InChI=1S/C20H48BrN12P/c1-22-17(26(5)6)30(13)34(21,31(14)18(23-2)27(7)8,32(15)19(24-3)28(9)10)33(16)20(25-4)29(11)12/h1-16H3. The van der Waals surface area contributed by atoms with Crippen LogP contribution in [0, 0.1) is 0 Å². The molecule has 0 unspecified atom stereocenters. The summed E-state index contributed by atoms with van der Waals surface area (Å²) in [5.41, 5.74) is 0. The van der Waals surface area contributed by atoms with Gasteiger partial charge in [0, 0.05) is 0 Å². The van der Waals surface area contributed by atoms with Crippen LogP contribution in [-0.2, 0) is 0 Å². The third-order valence-corrected chi connectivity index (χ3v) is 16.2. The van der Waals surface area contributed by atoms with E-state index in [-0.39, 0.29) is 0 Å².